The van der Waals surface area contributed by atoms with Gasteiger partial charge in [0.1, 0.15) is 0 Å². The zero-order valence-corrected chi connectivity index (χ0v) is 30.2. The first-order chi connectivity index (χ1) is 21.1. The summed E-state index contributed by atoms with van der Waals surface area (Å²) in [6.45, 7) is 18.7. The molecule has 0 radical (unpaired) electrons. The SMILES string of the molecule is CC(O)C1C(C)CC2(C)C(CC(O)CC34CCC5CC(CC(C5)C3)C4)C3(C)C(C)C4CCCC(C)C4C(O)C3C(C)C2(C)C1O. The Morgan fingerprint density at radius 2 is 1.42 bits per heavy atom. The number of fused-ring (bicyclic) bond motifs is 4. The van der Waals surface area contributed by atoms with E-state index in [0.29, 0.717) is 29.1 Å². The molecule has 4 N–H and O–H groups in total. The van der Waals surface area contributed by atoms with E-state index in [0.717, 1.165) is 37.0 Å². The standard InChI is InChI=1S/C41H70O4/c1-22-10-9-11-31-24(3)39(7)32(17-30(43)21-41-13-12-27-14-28(19-41)16-29(15-27)20-41)38(6)18-23(2)33(26(5)42)37(45)40(38,8)25(4)35(39)36(44)34(22)31/h22-37,42-45H,9-21H2,1-8H3. The summed E-state index contributed by atoms with van der Waals surface area (Å²) in [5, 5.41) is 48.6. The van der Waals surface area contributed by atoms with Crippen LogP contribution in [0.15, 0.2) is 0 Å². The van der Waals surface area contributed by atoms with Crippen molar-refractivity contribution in [2.24, 2.45) is 92.7 Å². The van der Waals surface area contributed by atoms with Gasteiger partial charge in [-0.15, -0.1) is 0 Å². The Hall–Kier alpha value is -0.160. The Kier molecular flexibility index (Phi) is 8.28. The second-order valence-corrected chi connectivity index (χ2v) is 20.2. The van der Waals surface area contributed by atoms with Gasteiger partial charge in [-0.1, -0.05) is 61.3 Å². The van der Waals surface area contributed by atoms with Crippen LogP contribution in [0.4, 0.5) is 0 Å². The molecule has 0 aromatic rings. The van der Waals surface area contributed by atoms with Gasteiger partial charge in [0.2, 0.25) is 0 Å². The molecule has 4 nitrogen and oxygen atoms in total. The Bertz CT molecular complexity index is 1090. The molecule has 0 amide bonds. The van der Waals surface area contributed by atoms with Crippen molar-refractivity contribution in [1.82, 2.24) is 0 Å². The molecule has 8 saturated carbocycles. The van der Waals surface area contributed by atoms with Gasteiger partial charge in [0.25, 0.3) is 0 Å². The van der Waals surface area contributed by atoms with Crippen molar-refractivity contribution >= 4 is 0 Å². The molecule has 0 heterocycles. The van der Waals surface area contributed by atoms with Crippen molar-refractivity contribution in [2.45, 2.75) is 163 Å². The van der Waals surface area contributed by atoms with E-state index >= 15 is 0 Å². The molecule has 8 fully saturated rings. The van der Waals surface area contributed by atoms with Crippen LogP contribution in [-0.2, 0) is 0 Å². The van der Waals surface area contributed by atoms with Crippen molar-refractivity contribution in [2.75, 3.05) is 0 Å². The van der Waals surface area contributed by atoms with Gasteiger partial charge in [-0.05, 0) is 159 Å². The Morgan fingerprint density at radius 1 is 0.778 bits per heavy atom. The largest absolute Gasteiger partial charge is 0.393 e. The lowest BCUT2D eigenvalue weighted by atomic mass is 9.29. The third-order valence-electron chi connectivity index (χ3n) is 18.3. The number of hydrogen-bond donors (Lipinski definition) is 4. The van der Waals surface area contributed by atoms with E-state index in [9.17, 15) is 20.4 Å². The van der Waals surface area contributed by atoms with Crippen LogP contribution in [0, 0.1) is 92.7 Å². The zero-order chi connectivity index (χ0) is 32.4. The van der Waals surface area contributed by atoms with E-state index < -0.39 is 17.6 Å². The molecule has 258 valence electrons. The van der Waals surface area contributed by atoms with Gasteiger partial charge in [-0.2, -0.15) is 0 Å². The normalized spacial score (nSPS) is 60.3. The minimum absolute atomic E-state index is 0.0737. The molecule has 0 aliphatic heterocycles. The van der Waals surface area contributed by atoms with E-state index in [1.165, 1.54) is 64.2 Å². The average Bonchev–Trinajstić information content (AvgIpc) is 3.14. The fourth-order valence-corrected chi connectivity index (χ4v) is 16.5. The van der Waals surface area contributed by atoms with Crippen molar-refractivity contribution in [1.29, 1.82) is 0 Å². The number of hydrogen-bond acceptors (Lipinski definition) is 4. The van der Waals surface area contributed by atoms with Gasteiger partial charge in [0.15, 0.2) is 0 Å². The molecule has 8 rings (SSSR count). The van der Waals surface area contributed by atoms with E-state index in [1.54, 1.807) is 0 Å². The molecule has 4 bridgehead atoms. The second-order valence-electron chi connectivity index (χ2n) is 20.2. The number of aliphatic hydroxyl groups excluding tert-OH is 4. The van der Waals surface area contributed by atoms with Gasteiger partial charge >= 0.3 is 0 Å². The molecule has 8 aliphatic carbocycles. The third kappa shape index (κ3) is 4.62. The van der Waals surface area contributed by atoms with Crippen molar-refractivity contribution < 1.29 is 20.4 Å². The minimum Gasteiger partial charge on any atom is -0.393 e. The maximum atomic E-state index is 12.6. The highest BCUT2D eigenvalue weighted by Gasteiger charge is 2.75. The Morgan fingerprint density at radius 3 is 2.07 bits per heavy atom. The summed E-state index contributed by atoms with van der Waals surface area (Å²) < 4.78 is 0. The van der Waals surface area contributed by atoms with E-state index in [2.05, 4.69) is 48.5 Å². The zero-order valence-electron chi connectivity index (χ0n) is 30.2. The van der Waals surface area contributed by atoms with Gasteiger partial charge in [-0.25, -0.2) is 0 Å². The first-order valence-electron chi connectivity index (χ1n) is 19.8. The average molecular weight is 627 g/mol. The van der Waals surface area contributed by atoms with Crippen LogP contribution in [0.3, 0.4) is 0 Å². The molecule has 18 atom stereocenters. The number of rotatable bonds is 5. The fourth-order valence-electron chi connectivity index (χ4n) is 16.5. The van der Waals surface area contributed by atoms with Crippen molar-refractivity contribution in [3.05, 3.63) is 0 Å². The predicted molar refractivity (Wildman–Crippen MR) is 181 cm³/mol. The van der Waals surface area contributed by atoms with Crippen LogP contribution in [0.5, 0.6) is 0 Å². The first kappa shape index (κ1) is 33.3. The topological polar surface area (TPSA) is 80.9 Å². The van der Waals surface area contributed by atoms with Gasteiger partial charge in [0, 0.05) is 11.3 Å². The summed E-state index contributed by atoms with van der Waals surface area (Å²) >= 11 is 0. The highest BCUT2D eigenvalue weighted by molar-refractivity contribution is 5.22. The monoisotopic (exact) mass is 627 g/mol. The van der Waals surface area contributed by atoms with E-state index in [1.807, 2.05) is 6.92 Å². The summed E-state index contributed by atoms with van der Waals surface area (Å²) in [6, 6.07) is 0. The molecule has 8 aliphatic rings. The van der Waals surface area contributed by atoms with Crippen LogP contribution >= 0.6 is 0 Å². The van der Waals surface area contributed by atoms with Crippen LogP contribution in [-0.4, -0.2) is 44.8 Å². The fraction of sp³-hybridized carbons (Fsp3) is 1.00. The summed E-state index contributed by atoms with van der Waals surface area (Å²) in [5.74, 6) is 4.91. The summed E-state index contributed by atoms with van der Waals surface area (Å²) in [6.07, 6.45) is 14.1. The lowest BCUT2D eigenvalue weighted by Crippen LogP contribution is -2.75. The number of aliphatic hydroxyl groups is 4. The molecule has 0 aromatic heterocycles. The second kappa shape index (κ2) is 11.2. The van der Waals surface area contributed by atoms with Crippen LogP contribution in [0.25, 0.3) is 0 Å². The van der Waals surface area contributed by atoms with E-state index in [-0.39, 0.29) is 52.6 Å². The summed E-state index contributed by atoms with van der Waals surface area (Å²) in [5.41, 5.74) is -0.481. The quantitative estimate of drug-likeness (QED) is 0.249. The Balaban J connectivity index is 1.30. The van der Waals surface area contributed by atoms with Gasteiger partial charge < -0.3 is 20.4 Å². The van der Waals surface area contributed by atoms with Crippen LogP contribution in [0.1, 0.15) is 139 Å². The maximum absolute atomic E-state index is 12.6. The maximum Gasteiger partial charge on any atom is 0.0657 e. The predicted octanol–water partition coefficient (Wildman–Crippen LogP) is 8.10. The highest BCUT2D eigenvalue weighted by atomic mass is 16.3. The molecule has 18 unspecified atom stereocenters. The lowest BCUT2D eigenvalue weighted by Gasteiger charge is -2.76. The summed E-state index contributed by atoms with van der Waals surface area (Å²) in [4.78, 5) is 0. The molecule has 4 heteroatoms. The third-order valence-corrected chi connectivity index (χ3v) is 18.3. The molecular formula is C41H70O4. The molecule has 45 heavy (non-hydrogen) atoms. The summed E-state index contributed by atoms with van der Waals surface area (Å²) in [7, 11) is 0. The molecule has 0 spiro atoms. The van der Waals surface area contributed by atoms with Crippen LogP contribution in [0.2, 0.25) is 0 Å². The van der Waals surface area contributed by atoms with Crippen LogP contribution < -0.4 is 0 Å². The first-order valence-corrected chi connectivity index (χ1v) is 19.8. The molecular weight excluding hydrogens is 556 g/mol. The van der Waals surface area contributed by atoms with Gasteiger partial charge in [-0.3, -0.25) is 0 Å². The van der Waals surface area contributed by atoms with Crippen molar-refractivity contribution in [3.8, 4) is 0 Å². The van der Waals surface area contributed by atoms with Crippen molar-refractivity contribution in [3.63, 3.8) is 0 Å². The Labute approximate surface area is 275 Å². The van der Waals surface area contributed by atoms with E-state index in [4.69, 9.17) is 0 Å². The molecule has 0 saturated heterocycles. The minimum atomic E-state index is -0.638. The highest BCUT2D eigenvalue weighted by Crippen LogP contribution is 2.76. The van der Waals surface area contributed by atoms with Gasteiger partial charge in [0.05, 0.1) is 24.4 Å². The molecule has 0 aromatic carbocycles. The smallest absolute Gasteiger partial charge is 0.0657 e. The lowest BCUT2D eigenvalue weighted by molar-refractivity contribution is -0.320.